The summed E-state index contributed by atoms with van der Waals surface area (Å²) in [6.07, 6.45) is 1.07. The highest BCUT2D eigenvalue weighted by atomic mass is 32.2. The lowest BCUT2D eigenvalue weighted by molar-refractivity contribution is 0.102. The quantitative estimate of drug-likeness (QED) is 0.520. The van der Waals surface area contributed by atoms with Crippen LogP contribution in [0.5, 0.6) is 5.75 Å². The first-order valence-electron chi connectivity index (χ1n) is 7.56. The topological polar surface area (TPSA) is 64.1 Å². The molecule has 7 heteroatoms. The minimum atomic E-state index is -0.249. The van der Waals surface area contributed by atoms with Gasteiger partial charge in [-0.2, -0.15) is 0 Å². The van der Waals surface area contributed by atoms with Crippen LogP contribution in [0, 0.1) is 0 Å². The minimum Gasteiger partial charge on any atom is -0.495 e. The van der Waals surface area contributed by atoms with Crippen LogP contribution in [0.25, 0.3) is 10.8 Å². The summed E-state index contributed by atoms with van der Waals surface area (Å²) < 4.78 is 6.34. The Morgan fingerprint density at radius 3 is 2.88 bits per heavy atom. The lowest BCUT2D eigenvalue weighted by Gasteiger charge is -2.11. The predicted molar refractivity (Wildman–Crippen MR) is 99.4 cm³/mol. The normalized spacial score (nSPS) is 10.8. The molecule has 0 bridgehead atoms. The largest absolute Gasteiger partial charge is 0.495 e. The maximum atomic E-state index is 12.6. The van der Waals surface area contributed by atoms with Crippen LogP contribution in [0.3, 0.4) is 0 Å². The second kappa shape index (κ2) is 7.63. The van der Waals surface area contributed by atoms with Crippen molar-refractivity contribution in [1.29, 1.82) is 0 Å². The molecule has 5 nitrogen and oxygen atoms in total. The standard InChI is InChI=1S/C17H17N3O2S2/c1-3-10-23-17-20-19-16(24-17)18-15(21)13-9-8-11-6-4-5-7-12(11)14(13)22-2/h4-9H,3,10H2,1-2H3,(H,18,19,21). The number of fused-ring (bicyclic) bond motifs is 1. The zero-order chi connectivity index (χ0) is 16.9. The molecule has 0 saturated carbocycles. The summed E-state index contributed by atoms with van der Waals surface area (Å²) in [4.78, 5) is 12.6. The predicted octanol–water partition coefficient (Wildman–Crippen LogP) is 4.45. The number of benzene rings is 2. The molecule has 0 aliphatic carbocycles. The fraction of sp³-hybridized carbons (Fsp3) is 0.235. The zero-order valence-electron chi connectivity index (χ0n) is 13.4. The summed E-state index contributed by atoms with van der Waals surface area (Å²) in [6, 6.07) is 11.5. The Labute approximate surface area is 148 Å². The van der Waals surface area contributed by atoms with Crippen molar-refractivity contribution in [2.45, 2.75) is 17.7 Å². The number of aromatic nitrogens is 2. The Morgan fingerprint density at radius 1 is 1.25 bits per heavy atom. The van der Waals surface area contributed by atoms with Crippen LogP contribution in [0.2, 0.25) is 0 Å². The molecule has 124 valence electrons. The molecule has 0 saturated heterocycles. The van der Waals surface area contributed by atoms with Crippen LogP contribution < -0.4 is 10.1 Å². The fourth-order valence-electron chi connectivity index (χ4n) is 2.31. The van der Waals surface area contributed by atoms with Crippen LogP contribution >= 0.6 is 23.1 Å². The Bertz CT molecular complexity index is 864. The van der Waals surface area contributed by atoms with Crippen molar-refractivity contribution in [2.75, 3.05) is 18.2 Å². The molecular formula is C17H17N3O2S2. The fourth-order valence-corrected chi connectivity index (χ4v) is 3.99. The van der Waals surface area contributed by atoms with E-state index in [0.717, 1.165) is 27.3 Å². The Hall–Kier alpha value is -2.12. The van der Waals surface area contributed by atoms with Gasteiger partial charge in [0.05, 0.1) is 12.7 Å². The Balaban J connectivity index is 1.84. The van der Waals surface area contributed by atoms with Crippen molar-refractivity contribution >= 4 is 44.9 Å². The Morgan fingerprint density at radius 2 is 2.08 bits per heavy atom. The van der Waals surface area contributed by atoms with Gasteiger partial charge in [-0.05, 0) is 17.9 Å². The number of amides is 1. The summed E-state index contributed by atoms with van der Waals surface area (Å²) in [5.41, 5.74) is 0.481. The molecule has 0 aliphatic heterocycles. The summed E-state index contributed by atoms with van der Waals surface area (Å²) in [7, 11) is 1.57. The van der Waals surface area contributed by atoms with E-state index in [1.165, 1.54) is 11.3 Å². The molecule has 3 aromatic rings. The van der Waals surface area contributed by atoms with Crippen molar-refractivity contribution in [2.24, 2.45) is 0 Å². The summed E-state index contributed by atoms with van der Waals surface area (Å²) >= 11 is 3.02. The number of hydrogen-bond acceptors (Lipinski definition) is 6. The average Bonchev–Trinajstić information content (AvgIpc) is 3.06. The Kier molecular flexibility index (Phi) is 5.32. The van der Waals surface area contributed by atoms with Crippen LogP contribution in [0.1, 0.15) is 23.7 Å². The molecule has 1 N–H and O–H groups in total. The van der Waals surface area contributed by atoms with Crippen LogP contribution in [-0.4, -0.2) is 29.0 Å². The first-order valence-corrected chi connectivity index (χ1v) is 9.36. The van der Waals surface area contributed by atoms with Gasteiger partial charge in [0.2, 0.25) is 5.13 Å². The molecule has 1 amide bonds. The molecule has 1 aromatic heterocycles. The van der Waals surface area contributed by atoms with Crippen molar-refractivity contribution in [3.8, 4) is 5.75 Å². The van der Waals surface area contributed by atoms with E-state index in [4.69, 9.17) is 4.74 Å². The number of nitrogens with one attached hydrogen (secondary N) is 1. The van der Waals surface area contributed by atoms with E-state index in [1.54, 1.807) is 24.9 Å². The molecule has 0 unspecified atom stereocenters. The second-order valence-electron chi connectivity index (χ2n) is 5.04. The third-order valence-electron chi connectivity index (χ3n) is 3.38. The number of carbonyl (C=O) groups is 1. The zero-order valence-corrected chi connectivity index (χ0v) is 15.0. The number of thioether (sulfide) groups is 1. The molecule has 2 aromatic carbocycles. The number of anilines is 1. The monoisotopic (exact) mass is 359 g/mol. The van der Waals surface area contributed by atoms with Gasteiger partial charge in [0.25, 0.3) is 5.91 Å². The molecule has 0 atom stereocenters. The molecule has 24 heavy (non-hydrogen) atoms. The lowest BCUT2D eigenvalue weighted by Crippen LogP contribution is -2.13. The molecule has 3 rings (SSSR count). The minimum absolute atomic E-state index is 0.249. The van der Waals surface area contributed by atoms with Crippen LogP contribution in [-0.2, 0) is 0 Å². The lowest BCUT2D eigenvalue weighted by atomic mass is 10.0. The van der Waals surface area contributed by atoms with Gasteiger partial charge in [-0.3, -0.25) is 10.1 Å². The van der Waals surface area contributed by atoms with Gasteiger partial charge in [0, 0.05) is 11.1 Å². The molecule has 0 spiro atoms. The first-order chi connectivity index (χ1) is 11.7. The number of ether oxygens (including phenoxy) is 1. The third-order valence-corrected chi connectivity index (χ3v) is 5.56. The molecular weight excluding hydrogens is 342 g/mol. The number of methoxy groups -OCH3 is 1. The first kappa shape index (κ1) is 16.7. The van der Waals surface area contributed by atoms with Crippen molar-refractivity contribution < 1.29 is 9.53 Å². The van der Waals surface area contributed by atoms with Gasteiger partial charge in [-0.15, -0.1) is 10.2 Å². The SMILES string of the molecule is CCCSc1nnc(NC(=O)c2ccc3ccccc3c2OC)s1. The van der Waals surface area contributed by atoms with Crippen LogP contribution in [0.15, 0.2) is 40.7 Å². The van der Waals surface area contributed by atoms with E-state index < -0.39 is 0 Å². The van der Waals surface area contributed by atoms with Gasteiger partial charge >= 0.3 is 0 Å². The molecule has 1 heterocycles. The number of rotatable bonds is 6. The van der Waals surface area contributed by atoms with E-state index in [2.05, 4.69) is 22.4 Å². The van der Waals surface area contributed by atoms with E-state index in [9.17, 15) is 4.79 Å². The van der Waals surface area contributed by atoms with Gasteiger partial charge in [-0.1, -0.05) is 60.4 Å². The van der Waals surface area contributed by atoms with Gasteiger partial charge in [-0.25, -0.2) is 0 Å². The smallest absolute Gasteiger partial charge is 0.261 e. The molecule has 0 aliphatic rings. The van der Waals surface area contributed by atoms with Crippen molar-refractivity contribution in [1.82, 2.24) is 10.2 Å². The second-order valence-corrected chi connectivity index (χ2v) is 7.36. The van der Waals surface area contributed by atoms with Crippen LogP contribution in [0.4, 0.5) is 5.13 Å². The van der Waals surface area contributed by atoms with Gasteiger partial charge < -0.3 is 4.74 Å². The summed E-state index contributed by atoms with van der Waals surface area (Å²) in [5, 5.41) is 13.3. The van der Waals surface area contributed by atoms with E-state index in [-0.39, 0.29) is 5.91 Å². The number of nitrogens with zero attached hydrogens (tertiary/aromatic N) is 2. The molecule has 0 fully saturated rings. The van der Waals surface area contributed by atoms with Crippen molar-refractivity contribution in [3.05, 3.63) is 42.0 Å². The number of carbonyl (C=O) groups excluding carboxylic acids is 1. The third kappa shape index (κ3) is 3.52. The number of hydrogen-bond donors (Lipinski definition) is 1. The highest BCUT2D eigenvalue weighted by molar-refractivity contribution is 8.01. The van der Waals surface area contributed by atoms with Gasteiger partial charge in [0.15, 0.2) is 4.34 Å². The molecule has 0 radical (unpaired) electrons. The van der Waals surface area contributed by atoms with E-state index in [1.807, 2.05) is 30.3 Å². The average molecular weight is 359 g/mol. The van der Waals surface area contributed by atoms with Gasteiger partial charge in [0.1, 0.15) is 5.75 Å². The summed E-state index contributed by atoms with van der Waals surface area (Å²) in [6.45, 7) is 2.11. The summed E-state index contributed by atoms with van der Waals surface area (Å²) in [5.74, 6) is 1.30. The highest BCUT2D eigenvalue weighted by Crippen LogP contribution is 2.31. The maximum Gasteiger partial charge on any atom is 0.261 e. The van der Waals surface area contributed by atoms with E-state index >= 15 is 0 Å². The maximum absolute atomic E-state index is 12.6. The highest BCUT2D eigenvalue weighted by Gasteiger charge is 2.17. The van der Waals surface area contributed by atoms with Crippen molar-refractivity contribution in [3.63, 3.8) is 0 Å². The van der Waals surface area contributed by atoms with E-state index in [0.29, 0.717) is 16.4 Å².